The Balaban J connectivity index is 1.59. The molecule has 0 fully saturated rings. The van der Waals surface area contributed by atoms with E-state index in [4.69, 9.17) is 13.9 Å². The lowest BCUT2D eigenvalue weighted by Crippen LogP contribution is -2.02. The zero-order valence-corrected chi connectivity index (χ0v) is 20.3. The van der Waals surface area contributed by atoms with Crippen molar-refractivity contribution in [2.24, 2.45) is 0 Å². The highest BCUT2D eigenvalue weighted by atomic mass is 32.2. The van der Waals surface area contributed by atoms with Crippen molar-refractivity contribution in [1.29, 1.82) is 0 Å². The van der Waals surface area contributed by atoms with Crippen LogP contribution in [0.1, 0.15) is 11.1 Å². The van der Waals surface area contributed by atoms with Gasteiger partial charge in [0.25, 0.3) is 0 Å². The minimum absolute atomic E-state index is 0.370. The molecule has 0 saturated carbocycles. The lowest BCUT2D eigenvalue weighted by Gasteiger charge is -2.14. The van der Waals surface area contributed by atoms with Crippen LogP contribution in [0.5, 0.6) is 11.5 Å². The van der Waals surface area contributed by atoms with Crippen molar-refractivity contribution in [3.05, 3.63) is 94.3 Å². The van der Waals surface area contributed by atoms with Crippen LogP contribution in [0.2, 0.25) is 0 Å². The fourth-order valence-electron chi connectivity index (χ4n) is 3.93. The molecule has 5 aromatic rings. The molecule has 0 aliphatic heterocycles. The van der Waals surface area contributed by atoms with E-state index < -0.39 is 0 Å². The van der Waals surface area contributed by atoms with E-state index in [9.17, 15) is 4.79 Å². The molecular weight excluding hydrogens is 462 g/mol. The summed E-state index contributed by atoms with van der Waals surface area (Å²) < 4.78 is 18.3. The molecule has 5 rings (SSSR count). The maximum atomic E-state index is 12.2. The number of hydrogen-bond donors (Lipinski definition) is 0. The molecule has 0 bridgehead atoms. The predicted molar refractivity (Wildman–Crippen MR) is 137 cm³/mol. The van der Waals surface area contributed by atoms with E-state index in [0.29, 0.717) is 33.8 Å². The van der Waals surface area contributed by atoms with Gasteiger partial charge >= 0.3 is 5.63 Å². The molecular formula is C27H23N3O4S. The Morgan fingerprint density at radius 2 is 1.71 bits per heavy atom. The van der Waals surface area contributed by atoms with Gasteiger partial charge in [0.1, 0.15) is 5.58 Å². The lowest BCUT2D eigenvalue weighted by atomic mass is 10.1. The number of benzene rings is 3. The van der Waals surface area contributed by atoms with Gasteiger partial charge in [0, 0.05) is 28.8 Å². The fraction of sp³-hybridized carbons (Fsp3) is 0.148. The van der Waals surface area contributed by atoms with Crippen molar-refractivity contribution >= 4 is 22.7 Å². The molecule has 0 amide bonds. The lowest BCUT2D eigenvalue weighted by molar-refractivity contribution is 0.355. The minimum Gasteiger partial charge on any atom is -0.493 e. The first kappa shape index (κ1) is 22.7. The zero-order chi connectivity index (χ0) is 24.4. The molecule has 2 heterocycles. The van der Waals surface area contributed by atoms with Crippen LogP contribution in [0.3, 0.4) is 0 Å². The topological polar surface area (TPSA) is 79.4 Å². The van der Waals surface area contributed by atoms with Gasteiger partial charge in [-0.05, 0) is 36.2 Å². The molecule has 0 saturated heterocycles. The molecule has 0 N–H and O–H groups in total. The first-order valence-corrected chi connectivity index (χ1v) is 12.0. The van der Waals surface area contributed by atoms with Crippen LogP contribution in [0.15, 0.2) is 87.2 Å². The SMILES string of the molecule is COc1ccc(-n2c(SCc3cc(=O)oc4cc(C)ccc34)nnc2-c2ccccc2)cc1OC. The van der Waals surface area contributed by atoms with Gasteiger partial charge in [0.05, 0.1) is 19.9 Å². The van der Waals surface area contributed by atoms with Gasteiger partial charge in [0.2, 0.25) is 0 Å². The summed E-state index contributed by atoms with van der Waals surface area (Å²) in [6.07, 6.45) is 0. The van der Waals surface area contributed by atoms with Gasteiger partial charge < -0.3 is 13.9 Å². The standard InChI is InChI=1S/C27H23N3O4S/c1-17-9-11-21-19(14-25(31)34-23(21)13-17)16-35-27-29-28-26(18-7-5-4-6-8-18)30(27)20-10-12-22(32-2)24(15-20)33-3/h4-15H,16H2,1-3H3. The number of fused-ring (bicyclic) bond motifs is 1. The summed E-state index contributed by atoms with van der Waals surface area (Å²) in [5, 5.41) is 10.6. The summed E-state index contributed by atoms with van der Waals surface area (Å²) >= 11 is 1.50. The number of nitrogens with zero attached hydrogens (tertiary/aromatic N) is 3. The summed E-state index contributed by atoms with van der Waals surface area (Å²) in [5.74, 6) is 2.47. The van der Waals surface area contributed by atoms with Crippen LogP contribution in [0, 0.1) is 6.92 Å². The second-order valence-electron chi connectivity index (χ2n) is 7.93. The Morgan fingerprint density at radius 1 is 0.914 bits per heavy atom. The maximum absolute atomic E-state index is 12.2. The second kappa shape index (κ2) is 9.68. The Hall–Kier alpha value is -4.04. The summed E-state index contributed by atoms with van der Waals surface area (Å²) in [6.45, 7) is 1.97. The van der Waals surface area contributed by atoms with Gasteiger partial charge in [-0.25, -0.2) is 4.79 Å². The van der Waals surface area contributed by atoms with E-state index in [1.54, 1.807) is 20.3 Å². The molecule has 35 heavy (non-hydrogen) atoms. The van der Waals surface area contributed by atoms with Crippen molar-refractivity contribution in [1.82, 2.24) is 14.8 Å². The van der Waals surface area contributed by atoms with Gasteiger partial charge in [0.15, 0.2) is 22.5 Å². The number of aromatic nitrogens is 3. The largest absolute Gasteiger partial charge is 0.493 e. The second-order valence-corrected chi connectivity index (χ2v) is 8.87. The number of methoxy groups -OCH3 is 2. The van der Waals surface area contributed by atoms with Gasteiger partial charge in [-0.1, -0.05) is 54.2 Å². The fourth-order valence-corrected chi connectivity index (χ4v) is 4.88. The number of thioether (sulfide) groups is 1. The van der Waals surface area contributed by atoms with Crippen molar-refractivity contribution in [3.8, 4) is 28.6 Å². The first-order valence-electron chi connectivity index (χ1n) is 11.0. The predicted octanol–water partition coefficient (Wildman–Crippen LogP) is 5.66. The molecule has 2 aromatic heterocycles. The summed E-state index contributed by atoms with van der Waals surface area (Å²) in [7, 11) is 3.21. The molecule has 0 unspecified atom stereocenters. The van der Waals surface area contributed by atoms with Crippen molar-refractivity contribution < 1.29 is 13.9 Å². The van der Waals surface area contributed by atoms with E-state index >= 15 is 0 Å². The Labute approximate surface area is 206 Å². The van der Waals surface area contributed by atoms with Crippen LogP contribution in [-0.4, -0.2) is 29.0 Å². The first-order chi connectivity index (χ1) is 17.1. The van der Waals surface area contributed by atoms with Crippen LogP contribution >= 0.6 is 11.8 Å². The number of rotatable bonds is 7. The molecule has 7 nitrogen and oxygen atoms in total. The smallest absolute Gasteiger partial charge is 0.336 e. The van der Waals surface area contributed by atoms with Crippen LogP contribution < -0.4 is 15.1 Å². The van der Waals surface area contributed by atoms with Crippen LogP contribution in [0.4, 0.5) is 0 Å². The maximum Gasteiger partial charge on any atom is 0.336 e. The summed E-state index contributed by atoms with van der Waals surface area (Å²) in [6, 6.07) is 23.0. The van der Waals surface area contributed by atoms with Gasteiger partial charge in [-0.3, -0.25) is 4.57 Å². The average molecular weight is 486 g/mol. The molecule has 0 aliphatic rings. The van der Waals surface area contributed by atoms with Crippen molar-refractivity contribution in [2.75, 3.05) is 14.2 Å². The molecule has 0 radical (unpaired) electrons. The minimum atomic E-state index is -0.370. The van der Waals surface area contributed by atoms with Crippen LogP contribution in [0.25, 0.3) is 28.0 Å². The number of hydrogen-bond acceptors (Lipinski definition) is 7. The van der Waals surface area contributed by atoms with E-state index in [1.165, 1.54) is 11.8 Å². The highest BCUT2D eigenvalue weighted by molar-refractivity contribution is 7.98. The summed E-state index contributed by atoms with van der Waals surface area (Å²) in [5.41, 5.74) is 3.89. The van der Waals surface area contributed by atoms with Gasteiger partial charge in [-0.15, -0.1) is 10.2 Å². The molecule has 0 spiro atoms. The average Bonchev–Trinajstić information content (AvgIpc) is 3.31. The van der Waals surface area contributed by atoms with Crippen LogP contribution in [-0.2, 0) is 5.75 Å². The summed E-state index contributed by atoms with van der Waals surface area (Å²) in [4.78, 5) is 12.2. The third kappa shape index (κ3) is 4.52. The number of ether oxygens (including phenoxy) is 2. The quantitative estimate of drug-likeness (QED) is 0.217. The Kier molecular flexibility index (Phi) is 6.29. The molecule has 0 aliphatic carbocycles. The third-order valence-electron chi connectivity index (χ3n) is 5.63. The highest BCUT2D eigenvalue weighted by Crippen LogP contribution is 2.35. The molecule has 3 aromatic carbocycles. The molecule has 8 heteroatoms. The Morgan fingerprint density at radius 3 is 2.49 bits per heavy atom. The molecule has 0 atom stereocenters. The number of aryl methyl sites for hydroxylation is 1. The highest BCUT2D eigenvalue weighted by Gasteiger charge is 2.18. The van der Waals surface area contributed by atoms with E-state index in [-0.39, 0.29) is 5.63 Å². The van der Waals surface area contributed by atoms with E-state index in [1.807, 2.05) is 78.2 Å². The molecule has 176 valence electrons. The normalized spacial score (nSPS) is 11.1. The monoisotopic (exact) mass is 485 g/mol. The van der Waals surface area contributed by atoms with Crippen molar-refractivity contribution in [2.45, 2.75) is 17.8 Å². The van der Waals surface area contributed by atoms with Crippen molar-refractivity contribution in [3.63, 3.8) is 0 Å². The van der Waals surface area contributed by atoms with E-state index in [2.05, 4.69) is 10.2 Å². The third-order valence-corrected chi connectivity index (χ3v) is 6.61. The Bertz CT molecular complexity index is 1560. The van der Waals surface area contributed by atoms with E-state index in [0.717, 1.165) is 27.8 Å². The van der Waals surface area contributed by atoms with Gasteiger partial charge in [-0.2, -0.15) is 0 Å². The zero-order valence-electron chi connectivity index (χ0n) is 19.5.